The molecule has 2 heterocycles. The lowest BCUT2D eigenvalue weighted by Gasteiger charge is -2.10. The van der Waals surface area contributed by atoms with Crippen molar-refractivity contribution in [2.24, 2.45) is 0 Å². The Hall–Kier alpha value is -1.51. The second-order valence-electron chi connectivity index (χ2n) is 3.35. The highest BCUT2D eigenvalue weighted by Gasteiger charge is 2.25. The number of aliphatic hydroxyl groups excluding tert-OH is 1. The molecule has 8 nitrogen and oxygen atoms in total. The Morgan fingerprint density at radius 1 is 1.69 bits per heavy atom. The fraction of sp³-hybridized carbons (Fsp3) is 0.625. The first-order valence-corrected chi connectivity index (χ1v) is 4.76. The Labute approximate surface area is 90.6 Å². The van der Waals surface area contributed by atoms with Crippen molar-refractivity contribution in [3.05, 3.63) is 16.8 Å². The zero-order chi connectivity index (χ0) is 11.5. The van der Waals surface area contributed by atoms with Gasteiger partial charge in [-0.2, -0.15) is 4.98 Å². The van der Waals surface area contributed by atoms with Crippen molar-refractivity contribution in [1.29, 1.82) is 0 Å². The van der Waals surface area contributed by atoms with Crippen LogP contribution in [0, 0.1) is 0 Å². The Morgan fingerprint density at radius 2 is 2.50 bits per heavy atom. The maximum atomic E-state index is 11.4. The normalized spacial score (nSPS) is 24.8. The minimum atomic E-state index is -0.615. The van der Waals surface area contributed by atoms with Crippen LogP contribution in [0.1, 0.15) is 0 Å². The van der Waals surface area contributed by atoms with Gasteiger partial charge < -0.3 is 20.3 Å². The number of aromatic nitrogens is 3. The van der Waals surface area contributed by atoms with Gasteiger partial charge in [0.2, 0.25) is 5.95 Å². The first kappa shape index (κ1) is 11.0. The summed E-state index contributed by atoms with van der Waals surface area (Å²) >= 11 is 0. The standard InChI is InChI=1S/C8H12N4O4/c9-7-10-4-12(8(14)11-7)1-5-3-15-6(2-13)16-5/h4-6,13H,1-3H2,(H2,9,11,14)/t5-,6+/m0/s1. The molecule has 1 aliphatic rings. The van der Waals surface area contributed by atoms with Crippen molar-refractivity contribution < 1.29 is 14.6 Å². The van der Waals surface area contributed by atoms with Crippen LogP contribution in [0.25, 0.3) is 0 Å². The Balaban J connectivity index is 2.02. The molecule has 1 aromatic rings. The van der Waals surface area contributed by atoms with Crippen molar-refractivity contribution in [3.63, 3.8) is 0 Å². The summed E-state index contributed by atoms with van der Waals surface area (Å²) in [7, 11) is 0. The highest BCUT2D eigenvalue weighted by molar-refractivity contribution is 5.09. The third-order valence-corrected chi connectivity index (χ3v) is 2.15. The van der Waals surface area contributed by atoms with E-state index >= 15 is 0 Å². The van der Waals surface area contributed by atoms with Crippen LogP contribution in [0.3, 0.4) is 0 Å². The zero-order valence-electron chi connectivity index (χ0n) is 8.44. The quantitative estimate of drug-likeness (QED) is 0.612. The average molecular weight is 228 g/mol. The largest absolute Gasteiger partial charge is 0.391 e. The first-order valence-electron chi connectivity index (χ1n) is 4.76. The molecule has 88 valence electrons. The summed E-state index contributed by atoms with van der Waals surface area (Å²) in [6.07, 6.45) is 0.401. The summed E-state index contributed by atoms with van der Waals surface area (Å²) in [5.74, 6) is -0.0573. The van der Waals surface area contributed by atoms with Gasteiger partial charge in [-0.05, 0) is 0 Å². The molecule has 2 atom stereocenters. The maximum Gasteiger partial charge on any atom is 0.352 e. The van der Waals surface area contributed by atoms with Crippen LogP contribution in [0.15, 0.2) is 11.1 Å². The van der Waals surface area contributed by atoms with E-state index in [9.17, 15) is 4.79 Å². The topological polar surface area (TPSA) is 112 Å². The summed E-state index contributed by atoms with van der Waals surface area (Å²) in [6.45, 7) is 0.390. The van der Waals surface area contributed by atoms with Crippen LogP contribution < -0.4 is 11.4 Å². The summed E-state index contributed by atoms with van der Waals surface area (Å²) in [4.78, 5) is 18.6. The highest BCUT2D eigenvalue weighted by atomic mass is 16.7. The number of nitrogen functional groups attached to an aromatic ring is 1. The second kappa shape index (κ2) is 4.56. The number of hydrogen-bond acceptors (Lipinski definition) is 7. The van der Waals surface area contributed by atoms with Gasteiger partial charge in [0.1, 0.15) is 12.4 Å². The van der Waals surface area contributed by atoms with Crippen molar-refractivity contribution in [2.75, 3.05) is 18.9 Å². The second-order valence-corrected chi connectivity index (χ2v) is 3.35. The van der Waals surface area contributed by atoms with E-state index in [2.05, 4.69) is 9.97 Å². The molecular formula is C8H12N4O4. The molecule has 0 radical (unpaired) electrons. The predicted octanol–water partition coefficient (Wildman–Crippen LogP) is -2.05. The molecule has 0 spiro atoms. The number of anilines is 1. The van der Waals surface area contributed by atoms with Crippen LogP contribution in [0.4, 0.5) is 5.95 Å². The minimum absolute atomic E-state index is 0.0573. The highest BCUT2D eigenvalue weighted by Crippen LogP contribution is 2.11. The molecule has 8 heteroatoms. The van der Waals surface area contributed by atoms with Crippen LogP contribution in [-0.4, -0.2) is 45.2 Å². The van der Waals surface area contributed by atoms with Gasteiger partial charge in [-0.15, -0.1) is 0 Å². The molecule has 1 saturated heterocycles. The predicted molar refractivity (Wildman–Crippen MR) is 52.4 cm³/mol. The summed E-state index contributed by atoms with van der Waals surface area (Å²) in [5, 5.41) is 8.78. The third-order valence-electron chi connectivity index (χ3n) is 2.15. The van der Waals surface area contributed by atoms with E-state index in [-0.39, 0.29) is 25.2 Å². The third kappa shape index (κ3) is 2.35. The van der Waals surface area contributed by atoms with Crippen molar-refractivity contribution in [3.8, 4) is 0 Å². The van der Waals surface area contributed by atoms with E-state index in [0.29, 0.717) is 6.61 Å². The summed E-state index contributed by atoms with van der Waals surface area (Å²) in [5.41, 5.74) is 4.77. The molecule has 2 rings (SSSR count). The lowest BCUT2D eigenvalue weighted by molar-refractivity contribution is -0.0893. The van der Waals surface area contributed by atoms with Gasteiger partial charge in [0, 0.05) is 0 Å². The van der Waals surface area contributed by atoms with E-state index in [1.54, 1.807) is 0 Å². The van der Waals surface area contributed by atoms with Gasteiger partial charge in [0.25, 0.3) is 0 Å². The molecule has 0 unspecified atom stereocenters. The molecule has 0 aliphatic carbocycles. The molecule has 1 fully saturated rings. The lowest BCUT2D eigenvalue weighted by Crippen LogP contribution is -2.30. The summed E-state index contributed by atoms with van der Waals surface area (Å²) in [6, 6.07) is 0. The molecule has 1 aromatic heterocycles. The number of aliphatic hydroxyl groups is 1. The molecule has 0 amide bonds. The van der Waals surface area contributed by atoms with Gasteiger partial charge in [0.15, 0.2) is 6.29 Å². The van der Waals surface area contributed by atoms with Gasteiger partial charge in [-0.3, -0.25) is 4.57 Å². The van der Waals surface area contributed by atoms with Gasteiger partial charge in [-0.1, -0.05) is 0 Å². The van der Waals surface area contributed by atoms with E-state index in [1.165, 1.54) is 10.9 Å². The first-order chi connectivity index (χ1) is 7.69. The number of ether oxygens (including phenoxy) is 2. The SMILES string of the molecule is Nc1ncn(C[C@H]2CO[C@@H](CO)O2)c(=O)n1. The molecule has 1 aliphatic heterocycles. The monoisotopic (exact) mass is 228 g/mol. The molecule has 0 saturated carbocycles. The Morgan fingerprint density at radius 3 is 3.12 bits per heavy atom. The van der Waals surface area contributed by atoms with Gasteiger partial charge in [-0.25, -0.2) is 9.78 Å². The Bertz CT molecular complexity index is 421. The molecule has 0 aromatic carbocycles. The van der Waals surface area contributed by atoms with Crippen LogP contribution in [0.2, 0.25) is 0 Å². The van der Waals surface area contributed by atoms with Gasteiger partial charge in [0.05, 0.1) is 19.8 Å². The molecule has 0 bridgehead atoms. The zero-order valence-corrected chi connectivity index (χ0v) is 8.44. The van der Waals surface area contributed by atoms with Crippen molar-refractivity contribution in [1.82, 2.24) is 14.5 Å². The minimum Gasteiger partial charge on any atom is -0.391 e. The van der Waals surface area contributed by atoms with Crippen molar-refractivity contribution in [2.45, 2.75) is 18.9 Å². The maximum absolute atomic E-state index is 11.4. The molecule has 16 heavy (non-hydrogen) atoms. The van der Waals surface area contributed by atoms with Gasteiger partial charge >= 0.3 is 5.69 Å². The van der Waals surface area contributed by atoms with E-state index in [0.717, 1.165) is 0 Å². The summed E-state index contributed by atoms with van der Waals surface area (Å²) < 4.78 is 11.7. The van der Waals surface area contributed by atoms with E-state index < -0.39 is 12.0 Å². The number of nitrogens with two attached hydrogens (primary N) is 1. The average Bonchev–Trinajstić information content (AvgIpc) is 2.70. The Kier molecular flexibility index (Phi) is 3.13. The van der Waals surface area contributed by atoms with Crippen LogP contribution >= 0.6 is 0 Å². The fourth-order valence-electron chi connectivity index (χ4n) is 1.41. The van der Waals surface area contributed by atoms with E-state index in [4.69, 9.17) is 20.3 Å². The smallest absolute Gasteiger partial charge is 0.352 e. The van der Waals surface area contributed by atoms with Crippen molar-refractivity contribution >= 4 is 5.95 Å². The molecular weight excluding hydrogens is 216 g/mol. The van der Waals surface area contributed by atoms with Crippen LogP contribution in [-0.2, 0) is 16.0 Å². The van der Waals surface area contributed by atoms with Crippen LogP contribution in [0.5, 0.6) is 0 Å². The lowest BCUT2D eigenvalue weighted by atomic mass is 10.4. The number of nitrogens with zero attached hydrogens (tertiary/aromatic N) is 3. The van der Waals surface area contributed by atoms with E-state index in [1.807, 2.05) is 0 Å². The fourth-order valence-corrected chi connectivity index (χ4v) is 1.41. The number of hydrogen-bond donors (Lipinski definition) is 2. The number of rotatable bonds is 3. The molecule has 3 N–H and O–H groups in total.